The molecule has 0 saturated heterocycles. The molecule has 0 aliphatic carbocycles. The van der Waals surface area contributed by atoms with Gasteiger partial charge >= 0.3 is 0 Å². The predicted octanol–water partition coefficient (Wildman–Crippen LogP) is 5.27. The Balaban J connectivity index is 1.89. The lowest BCUT2D eigenvalue weighted by molar-refractivity contribution is 0.370. The first-order valence-corrected chi connectivity index (χ1v) is 9.67. The first-order chi connectivity index (χ1) is 14.0. The number of methoxy groups -OCH3 is 1. The molecule has 0 aromatic heterocycles. The summed E-state index contributed by atoms with van der Waals surface area (Å²) >= 11 is 11.6. The van der Waals surface area contributed by atoms with Crippen LogP contribution < -0.4 is 15.0 Å². The number of benzene rings is 3. The molecule has 0 heterocycles. The van der Waals surface area contributed by atoms with Crippen molar-refractivity contribution in [3.8, 4) is 11.5 Å². The molecule has 29 heavy (non-hydrogen) atoms. The van der Waals surface area contributed by atoms with Gasteiger partial charge in [-0.1, -0.05) is 54.1 Å². The zero-order valence-electron chi connectivity index (χ0n) is 15.7. The number of nitrogens with one attached hydrogen (secondary N) is 1. The molecule has 0 spiro atoms. The van der Waals surface area contributed by atoms with Crippen LogP contribution in [0.15, 0.2) is 66.7 Å². The summed E-state index contributed by atoms with van der Waals surface area (Å²) in [6, 6.07) is 19.4. The van der Waals surface area contributed by atoms with E-state index in [9.17, 15) is 9.50 Å². The molecule has 0 bridgehead atoms. The second kappa shape index (κ2) is 9.58. The lowest BCUT2D eigenvalue weighted by atomic mass is 10.1. The summed E-state index contributed by atoms with van der Waals surface area (Å²) in [4.78, 5) is 1.75. The van der Waals surface area contributed by atoms with E-state index >= 15 is 0 Å². The van der Waals surface area contributed by atoms with E-state index in [-0.39, 0.29) is 17.3 Å². The number of hydrogen-bond acceptors (Lipinski definition) is 3. The molecular weight excluding hydrogens is 411 g/mol. The smallest absolute Gasteiger partial charge is 0.174 e. The summed E-state index contributed by atoms with van der Waals surface area (Å²) in [6.45, 7) is 0.765. The lowest BCUT2D eigenvalue weighted by Crippen LogP contribution is -2.39. The standard InChI is InChI=1S/C22H20ClFN2O2S/c1-28-20-9-5-8-16(21(20)27)14-26(17-10-11-19(24)18(23)12-17)22(29)25-13-15-6-3-2-4-7-15/h2-12,27H,13-14H2,1H3,(H,25,29). The molecular formula is C22H20ClFN2O2S. The van der Waals surface area contributed by atoms with Gasteiger partial charge in [0.25, 0.3) is 0 Å². The van der Waals surface area contributed by atoms with Gasteiger partial charge in [-0.15, -0.1) is 0 Å². The number of halogens is 2. The maximum absolute atomic E-state index is 13.7. The average Bonchev–Trinajstić information content (AvgIpc) is 2.74. The number of aromatic hydroxyl groups is 1. The first kappa shape index (κ1) is 20.9. The highest BCUT2D eigenvalue weighted by Gasteiger charge is 2.18. The van der Waals surface area contributed by atoms with Gasteiger partial charge < -0.3 is 20.1 Å². The number of ether oxygens (including phenoxy) is 1. The van der Waals surface area contributed by atoms with Gasteiger partial charge in [0.2, 0.25) is 0 Å². The third-order valence-corrected chi connectivity index (χ3v) is 5.03. The fourth-order valence-corrected chi connectivity index (χ4v) is 3.25. The molecule has 0 aliphatic heterocycles. The van der Waals surface area contributed by atoms with E-state index in [1.54, 1.807) is 29.2 Å². The maximum atomic E-state index is 13.7. The average molecular weight is 431 g/mol. The van der Waals surface area contributed by atoms with Crippen molar-refractivity contribution in [2.24, 2.45) is 0 Å². The van der Waals surface area contributed by atoms with Crippen LogP contribution >= 0.6 is 23.8 Å². The Morgan fingerprint density at radius 2 is 1.90 bits per heavy atom. The van der Waals surface area contributed by atoms with Gasteiger partial charge in [-0.3, -0.25) is 0 Å². The molecule has 2 N–H and O–H groups in total. The van der Waals surface area contributed by atoms with Crippen molar-refractivity contribution in [1.82, 2.24) is 5.32 Å². The largest absolute Gasteiger partial charge is 0.504 e. The number of nitrogens with zero attached hydrogens (tertiary/aromatic N) is 1. The van der Waals surface area contributed by atoms with Crippen molar-refractivity contribution in [3.63, 3.8) is 0 Å². The van der Waals surface area contributed by atoms with Crippen molar-refractivity contribution in [2.75, 3.05) is 12.0 Å². The molecule has 0 saturated carbocycles. The Bertz CT molecular complexity index is 1000. The van der Waals surface area contributed by atoms with E-state index < -0.39 is 5.82 Å². The summed E-state index contributed by atoms with van der Waals surface area (Å²) in [5.74, 6) is -0.121. The van der Waals surface area contributed by atoms with Crippen molar-refractivity contribution < 1.29 is 14.2 Å². The van der Waals surface area contributed by atoms with Gasteiger partial charge in [0, 0.05) is 17.8 Å². The number of rotatable bonds is 6. The van der Waals surface area contributed by atoms with E-state index in [1.807, 2.05) is 30.3 Å². The Labute approximate surface area is 179 Å². The Morgan fingerprint density at radius 1 is 1.14 bits per heavy atom. The van der Waals surface area contributed by atoms with E-state index in [2.05, 4.69) is 5.32 Å². The summed E-state index contributed by atoms with van der Waals surface area (Å²) in [5, 5.41) is 14.1. The van der Waals surface area contributed by atoms with Crippen LogP contribution in [-0.4, -0.2) is 17.3 Å². The molecule has 0 unspecified atom stereocenters. The molecule has 3 rings (SSSR count). The quantitative estimate of drug-likeness (QED) is 0.521. The highest BCUT2D eigenvalue weighted by atomic mass is 35.5. The van der Waals surface area contributed by atoms with Crippen LogP contribution in [0, 0.1) is 5.82 Å². The van der Waals surface area contributed by atoms with Crippen LogP contribution in [0.5, 0.6) is 11.5 Å². The van der Waals surface area contributed by atoms with Crippen LogP contribution in [0.1, 0.15) is 11.1 Å². The molecule has 0 aliphatic rings. The zero-order valence-corrected chi connectivity index (χ0v) is 17.3. The predicted molar refractivity (Wildman–Crippen MR) is 118 cm³/mol. The van der Waals surface area contributed by atoms with Crippen LogP contribution in [0.2, 0.25) is 5.02 Å². The number of thiocarbonyl (C=S) groups is 1. The molecule has 3 aromatic carbocycles. The first-order valence-electron chi connectivity index (χ1n) is 8.88. The minimum absolute atomic E-state index is 0.00627. The van der Waals surface area contributed by atoms with Crippen LogP contribution in [-0.2, 0) is 13.1 Å². The molecule has 4 nitrogen and oxygen atoms in total. The molecule has 3 aromatic rings. The number of phenolic OH excluding ortho intramolecular Hbond substituents is 1. The highest BCUT2D eigenvalue weighted by molar-refractivity contribution is 7.80. The summed E-state index contributed by atoms with van der Waals surface area (Å²) < 4.78 is 18.9. The summed E-state index contributed by atoms with van der Waals surface area (Å²) in [5.41, 5.74) is 2.27. The highest BCUT2D eigenvalue weighted by Crippen LogP contribution is 2.32. The second-order valence-corrected chi connectivity index (χ2v) is 7.09. The molecule has 0 fully saturated rings. The van der Waals surface area contributed by atoms with Crippen molar-refractivity contribution in [3.05, 3.63) is 88.7 Å². The SMILES string of the molecule is COc1cccc(CN(C(=S)NCc2ccccc2)c2ccc(F)c(Cl)c2)c1O. The van der Waals surface area contributed by atoms with Crippen LogP contribution in [0.4, 0.5) is 10.1 Å². The van der Waals surface area contributed by atoms with Gasteiger partial charge in [-0.25, -0.2) is 4.39 Å². The zero-order chi connectivity index (χ0) is 20.8. The van der Waals surface area contributed by atoms with Crippen LogP contribution in [0.25, 0.3) is 0 Å². The third kappa shape index (κ3) is 5.16. The van der Waals surface area contributed by atoms with E-state index in [4.69, 9.17) is 28.6 Å². The van der Waals surface area contributed by atoms with Crippen LogP contribution in [0.3, 0.4) is 0 Å². The Kier molecular flexibility index (Phi) is 6.90. The monoisotopic (exact) mass is 430 g/mol. The lowest BCUT2D eigenvalue weighted by Gasteiger charge is -2.27. The number of hydrogen-bond donors (Lipinski definition) is 2. The third-order valence-electron chi connectivity index (χ3n) is 4.38. The number of para-hydroxylation sites is 1. The number of anilines is 1. The topological polar surface area (TPSA) is 44.7 Å². The minimum Gasteiger partial charge on any atom is -0.504 e. The fraction of sp³-hybridized carbons (Fsp3) is 0.136. The summed E-state index contributed by atoms with van der Waals surface area (Å²) in [6.07, 6.45) is 0. The molecule has 150 valence electrons. The minimum atomic E-state index is -0.511. The second-order valence-electron chi connectivity index (χ2n) is 6.30. The number of phenols is 1. The Hall–Kier alpha value is -2.83. The van der Waals surface area contributed by atoms with Gasteiger partial charge in [-0.2, -0.15) is 0 Å². The van der Waals surface area contributed by atoms with E-state index in [1.165, 1.54) is 19.2 Å². The normalized spacial score (nSPS) is 10.4. The van der Waals surface area contributed by atoms with E-state index in [0.29, 0.717) is 28.7 Å². The van der Waals surface area contributed by atoms with Gasteiger partial charge in [0.1, 0.15) is 5.82 Å². The van der Waals surface area contributed by atoms with Gasteiger partial charge in [0.05, 0.1) is 18.7 Å². The van der Waals surface area contributed by atoms with Gasteiger partial charge in [0.15, 0.2) is 16.6 Å². The van der Waals surface area contributed by atoms with Crippen molar-refractivity contribution in [2.45, 2.75) is 13.1 Å². The molecule has 0 radical (unpaired) electrons. The molecule has 0 atom stereocenters. The van der Waals surface area contributed by atoms with Gasteiger partial charge in [-0.05, 0) is 42.0 Å². The van der Waals surface area contributed by atoms with Crippen molar-refractivity contribution >= 4 is 34.6 Å². The Morgan fingerprint density at radius 3 is 2.59 bits per heavy atom. The van der Waals surface area contributed by atoms with E-state index in [0.717, 1.165) is 5.56 Å². The fourth-order valence-electron chi connectivity index (χ4n) is 2.83. The van der Waals surface area contributed by atoms with Crippen molar-refractivity contribution in [1.29, 1.82) is 0 Å². The maximum Gasteiger partial charge on any atom is 0.174 e. The molecule has 0 amide bonds. The summed E-state index contributed by atoms with van der Waals surface area (Å²) in [7, 11) is 1.49. The molecule has 7 heteroatoms.